The number of rotatable bonds is 3. The van der Waals surface area contributed by atoms with Crippen LogP contribution in [0.15, 0.2) is 18.2 Å². The number of nitrogens with zero attached hydrogens (tertiary/aromatic N) is 1. The summed E-state index contributed by atoms with van der Waals surface area (Å²) in [7, 11) is 0. The van der Waals surface area contributed by atoms with Crippen molar-refractivity contribution in [2.45, 2.75) is 32.1 Å². The first-order valence-electron chi connectivity index (χ1n) is 8.00. The lowest BCUT2D eigenvalue weighted by atomic mass is 9.79. The van der Waals surface area contributed by atoms with Gasteiger partial charge in [0, 0.05) is 31.5 Å². The molecule has 2 saturated heterocycles. The van der Waals surface area contributed by atoms with E-state index in [4.69, 9.17) is 0 Å². The highest BCUT2D eigenvalue weighted by atomic mass is 19.2. The molecule has 2 aliphatic heterocycles. The summed E-state index contributed by atoms with van der Waals surface area (Å²) in [5, 5.41) is 3.40. The highest BCUT2D eigenvalue weighted by molar-refractivity contribution is 5.76. The van der Waals surface area contributed by atoms with Crippen molar-refractivity contribution in [2.24, 2.45) is 5.41 Å². The second-order valence-corrected chi connectivity index (χ2v) is 6.59. The number of hydrogen-bond donors (Lipinski definition) is 1. The lowest BCUT2D eigenvalue weighted by Crippen LogP contribution is -2.47. The molecule has 1 aromatic rings. The molecule has 2 heterocycles. The van der Waals surface area contributed by atoms with Gasteiger partial charge >= 0.3 is 0 Å². The second kappa shape index (κ2) is 6.32. The van der Waals surface area contributed by atoms with Crippen LogP contribution in [-0.4, -0.2) is 37.0 Å². The molecule has 3 rings (SSSR count). The summed E-state index contributed by atoms with van der Waals surface area (Å²) in [6.45, 7) is 3.69. The SMILES string of the molecule is O=C(CCc1ccc(F)c(F)c1)N1CCC[C@@]2(CCNC2)C1. The van der Waals surface area contributed by atoms with Crippen LogP contribution in [-0.2, 0) is 11.2 Å². The normalized spacial score (nSPS) is 24.9. The van der Waals surface area contributed by atoms with E-state index in [9.17, 15) is 13.6 Å². The van der Waals surface area contributed by atoms with Crippen LogP contribution in [0.3, 0.4) is 0 Å². The van der Waals surface area contributed by atoms with E-state index in [2.05, 4.69) is 5.32 Å². The standard InChI is InChI=1S/C17H22F2N2O/c18-14-4-2-13(10-15(14)19)3-5-16(22)21-9-1-6-17(12-21)7-8-20-11-17/h2,4,10,20H,1,3,5-9,11-12H2/t17-/m0/s1. The van der Waals surface area contributed by atoms with Crippen molar-refractivity contribution in [1.29, 1.82) is 0 Å². The Balaban J connectivity index is 1.56. The Morgan fingerprint density at radius 3 is 2.86 bits per heavy atom. The van der Waals surface area contributed by atoms with Crippen molar-refractivity contribution >= 4 is 5.91 Å². The Morgan fingerprint density at radius 2 is 2.14 bits per heavy atom. The van der Waals surface area contributed by atoms with Crippen LogP contribution in [0.5, 0.6) is 0 Å². The number of nitrogens with one attached hydrogen (secondary N) is 1. The summed E-state index contributed by atoms with van der Waals surface area (Å²) in [6, 6.07) is 3.85. The van der Waals surface area contributed by atoms with Gasteiger partial charge in [0.05, 0.1) is 0 Å². The number of hydrogen-bond acceptors (Lipinski definition) is 2. The number of benzene rings is 1. The zero-order valence-electron chi connectivity index (χ0n) is 12.7. The van der Waals surface area contributed by atoms with Crippen molar-refractivity contribution in [3.63, 3.8) is 0 Å². The Hall–Kier alpha value is -1.49. The highest BCUT2D eigenvalue weighted by Crippen LogP contribution is 2.35. The third-order valence-corrected chi connectivity index (χ3v) is 4.96. The Kier molecular flexibility index (Phi) is 4.43. The first-order valence-corrected chi connectivity index (χ1v) is 8.00. The minimum Gasteiger partial charge on any atom is -0.342 e. The van der Waals surface area contributed by atoms with E-state index in [1.54, 1.807) is 6.07 Å². The van der Waals surface area contributed by atoms with Gasteiger partial charge in [0.1, 0.15) is 0 Å². The fourth-order valence-electron chi connectivity index (χ4n) is 3.67. The molecule has 1 aromatic carbocycles. The Bertz CT molecular complexity index is 556. The molecule has 0 aromatic heterocycles. The summed E-state index contributed by atoms with van der Waals surface area (Å²) in [5.41, 5.74) is 0.928. The monoisotopic (exact) mass is 308 g/mol. The van der Waals surface area contributed by atoms with Crippen LogP contribution in [0, 0.1) is 17.0 Å². The first-order chi connectivity index (χ1) is 10.6. The number of piperidine rings is 1. The molecule has 0 aliphatic carbocycles. The zero-order valence-corrected chi connectivity index (χ0v) is 12.7. The van der Waals surface area contributed by atoms with Crippen molar-refractivity contribution in [3.8, 4) is 0 Å². The molecule has 0 radical (unpaired) electrons. The van der Waals surface area contributed by atoms with Gasteiger partial charge in [-0.2, -0.15) is 0 Å². The maximum absolute atomic E-state index is 13.2. The minimum absolute atomic E-state index is 0.121. The lowest BCUT2D eigenvalue weighted by Gasteiger charge is -2.40. The van der Waals surface area contributed by atoms with Gasteiger partial charge in [-0.15, -0.1) is 0 Å². The molecule has 1 atom stereocenters. The first kappa shape index (κ1) is 15.4. The quantitative estimate of drug-likeness (QED) is 0.930. The number of amides is 1. The van der Waals surface area contributed by atoms with Crippen LogP contribution >= 0.6 is 0 Å². The Labute approximate surface area is 129 Å². The molecule has 1 amide bonds. The van der Waals surface area contributed by atoms with Crippen molar-refractivity contribution in [3.05, 3.63) is 35.4 Å². The Morgan fingerprint density at radius 1 is 1.27 bits per heavy atom. The van der Waals surface area contributed by atoms with E-state index < -0.39 is 11.6 Å². The summed E-state index contributed by atoms with van der Waals surface area (Å²) >= 11 is 0. The third kappa shape index (κ3) is 3.29. The third-order valence-electron chi connectivity index (χ3n) is 4.96. The van der Waals surface area contributed by atoms with Crippen LogP contribution in [0.4, 0.5) is 8.78 Å². The van der Waals surface area contributed by atoms with Gasteiger partial charge in [-0.1, -0.05) is 6.07 Å². The minimum atomic E-state index is -0.848. The largest absolute Gasteiger partial charge is 0.342 e. The maximum atomic E-state index is 13.2. The van der Waals surface area contributed by atoms with Gasteiger partial charge < -0.3 is 10.2 Å². The molecule has 3 nitrogen and oxygen atoms in total. The number of aryl methyl sites for hydroxylation is 1. The van der Waals surface area contributed by atoms with Crippen molar-refractivity contribution in [1.82, 2.24) is 10.2 Å². The highest BCUT2D eigenvalue weighted by Gasteiger charge is 2.39. The van der Waals surface area contributed by atoms with E-state index in [1.165, 1.54) is 12.5 Å². The molecule has 120 valence electrons. The molecule has 2 fully saturated rings. The van der Waals surface area contributed by atoms with E-state index in [-0.39, 0.29) is 11.3 Å². The molecular weight excluding hydrogens is 286 g/mol. The fourth-order valence-corrected chi connectivity index (χ4v) is 3.67. The second-order valence-electron chi connectivity index (χ2n) is 6.59. The topological polar surface area (TPSA) is 32.3 Å². The molecule has 2 aliphatic rings. The van der Waals surface area contributed by atoms with E-state index in [0.29, 0.717) is 18.4 Å². The van der Waals surface area contributed by atoms with Crippen LogP contribution < -0.4 is 5.32 Å². The average Bonchev–Trinajstić information content (AvgIpc) is 2.96. The van der Waals surface area contributed by atoms with Crippen LogP contribution in [0.25, 0.3) is 0 Å². The van der Waals surface area contributed by atoms with Crippen molar-refractivity contribution in [2.75, 3.05) is 26.2 Å². The van der Waals surface area contributed by atoms with Gasteiger partial charge in [-0.25, -0.2) is 8.78 Å². The lowest BCUT2D eigenvalue weighted by molar-refractivity contribution is -0.134. The van der Waals surface area contributed by atoms with Gasteiger partial charge in [0.25, 0.3) is 0 Å². The molecular formula is C17H22F2N2O. The summed E-state index contributed by atoms with van der Waals surface area (Å²) in [5.74, 6) is -1.57. The van der Waals surface area contributed by atoms with Gasteiger partial charge in [-0.3, -0.25) is 4.79 Å². The van der Waals surface area contributed by atoms with E-state index in [0.717, 1.165) is 45.1 Å². The summed E-state index contributed by atoms with van der Waals surface area (Å²) < 4.78 is 26.1. The number of carbonyl (C=O) groups is 1. The molecule has 1 spiro atoms. The predicted octanol–water partition coefficient (Wildman–Crippen LogP) is 2.50. The molecule has 1 N–H and O–H groups in total. The van der Waals surface area contributed by atoms with Gasteiger partial charge in [-0.05, 0) is 49.9 Å². The summed E-state index contributed by atoms with van der Waals surface area (Å²) in [4.78, 5) is 14.4. The van der Waals surface area contributed by atoms with Gasteiger partial charge in [0.2, 0.25) is 5.91 Å². The van der Waals surface area contributed by atoms with Crippen molar-refractivity contribution < 1.29 is 13.6 Å². The molecule has 5 heteroatoms. The predicted molar refractivity (Wildman–Crippen MR) is 80.4 cm³/mol. The molecule has 0 saturated carbocycles. The smallest absolute Gasteiger partial charge is 0.222 e. The molecule has 0 bridgehead atoms. The zero-order chi connectivity index (χ0) is 15.6. The van der Waals surface area contributed by atoms with Gasteiger partial charge in [0.15, 0.2) is 11.6 Å². The van der Waals surface area contributed by atoms with Crippen LogP contribution in [0.1, 0.15) is 31.2 Å². The fraction of sp³-hybridized carbons (Fsp3) is 0.588. The average molecular weight is 308 g/mol. The van der Waals surface area contributed by atoms with E-state index in [1.807, 2.05) is 4.90 Å². The summed E-state index contributed by atoms with van der Waals surface area (Å²) in [6.07, 6.45) is 4.19. The molecule has 0 unspecified atom stereocenters. The molecule has 22 heavy (non-hydrogen) atoms. The number of carbonyl (C=O) groups excluding carboxylic acids is 1. The van der Waals surface area contributed by atoms with E-state index >= 15 is 0 Å². The van der Waals surface area contributed by atoms with Crippen LogP contribution in [0.2, 0.25) is 0 Å². The maximum Gasteiger partial charge on any atom is 0.222 e. The number of halogens is 2. The number of likely N-dealkylation sites (tertiary alicyclic amines) is 1.